The van der Waals surface area contributed by atoms with Crippen molar-refractivity contribution < 1.29 is 37.3 Å². The number of likely N-dealkylation sites (N-methyl/N-ethyl adjacent to an activating group) is 1. The van der Waals surface area contributed by atoms with Gasteiger partial charge in [-0.15, -0.1) is 0 Å². The molecule has 0 aliphatic carbocycles. The molecule has 0 saturated carbocycles. The molecular weight excluding hydrogens is 952 g/mol. The van der Waals surface area contributed by atoms with Crippen LogP contribution in [0.1, 0.15) is 201 Å². The van der Waals surface area contributed by atoms with Gasteiger partial charge in [-0.05, 0) is 96.0 Å². The Labute approximate surface area is 459 Å². The van der Waals surface area contributed by atoms with Crippen LogP contribution in [0, 0.1) is 0 Å². The molecule has 0 aliphatic rings. The SMILES string of the molecule is CC\C=C/C=C/C=C/C=C\C=C\C=C\CCCCCC(=O)NC(COP(=O)([O-])OCC[N+](C)(C)C)C(/C=C/CCCCCCCCCCC)OC(=O)CCCCCCC/C=C\C/C=C\C/C=C\C/C=C\C/C=C\CC. The maximum absolute atomic E-state index is 13.5. The van der Waals surface area contributed by atoms with Crippen molar-refractivity contribution in [3.05, 3.63) is 146 Å². The second-order valence-electron chi connectivity index (χ2n) is 20.2. The molecule has 10 heteroatoms. The number of carbonyl (C=O) groups is 2. The number of ether oxygens (including phenoxy) is 1. The molecule has 75 heavy (non-hydrogen) atoms. The highest BCUT2D eigenvalue weighted by Gasteiger charge is 2.27. The summed E-state index contributed by atoms with van der Waals surface area (Å²) in [6.45, 7) is 6.49. The Bertz CT molecular complexity index is 1790. The second-order valence-corrected chi connectivity index (χ2v) is 21.6. The van der Waals surface area contributed by atoms with E-state index in [9.17, 15) is 19.0 Å². The highest BCUT2D eigenvalue weighted by atomic mass is 31.2. The Balaban J connectivity index is 5.41. The normalized spacial score (nSPS) is 14.8. The summed E-state index contributed by atoms with van der Waals surface area (Å²) in [5, 5.41) is 2.98. The standard InChI is InChI=1S/C65H107N2O7P/c1-7-10-13-16-19-22-25-27-29-31-32-33-34-36-38-40-43-46-49-52-55-58-65(69)74-63(56-53-50-47-44-41-24-21-18-15-12-9-3)62(61-73-75(70,71)72-60-59-67(4,5)6)66-64(68)57-54-51-48-45-42-39-37-35-30-28-26-23-20-17-14-11-8-2/h10-11,13-14,17,19-20,22-23,26-30,32-33,35-39,42,53,56,62-63H,7-9,12,15-16,18,21,24-25,31,34,40-41,43-52,54-55,57-61H2,1-6H3,(H-,66,68,70,71)/b13-10-,14-11-,20-17+,22-19-,26-23+,29-27-,30-28-,33-32-,37-35+,38-36-,42-39+,56-53+. The van der Waals surface area contributed by atoms with Crippen LogP contribution in [0.3, 0.4) is 0 Å². The molecule has 424 valence electrons. The summed E-state index contributed by atoms with van der Waals surface area (Å²) in [7, 11) is 1.11. The Morgan fingerprint density at radius 2 is 0.920 bits per heavy atom. The van der Waals surface area contributed by atoms with Gasteiger partial charge < -0.3 is 28.5 Å². The number of esters is 1. The van der Waals surface area contributed by atoms with E-state index in [0.717, 1.165) is 109 Å². The predicted molar refractivity (Wildman–Crippen MR) is 320 cm³/mol. The molecule has 0 bridgehead atoms. The van der Waals surface area contributed by atoms with Gasteiger partial charge in [0.05, 0.1) is 33.8 Å². The van der Waals surface area contributed by atoms with Crippen molar-refractivity contribution in [2.75, 3.05) is 40.9 Å². The van der Waals surface area contributed by atoms with Crippen LogP contribution >= 0.6 is 7.82 Å². The van der Waals surface area contributed by atoms with Crippen molar-refractivity contribution in [2.24, 2.45) is 0 Å². The van der Waals surface area contributed by atoms with E-state index >= 15 is 0 Å². The van der Waals surface area contributed by atoms with E-state index in [4.69, 9.17) is 13.8 Å². The first-order valence-electron chi connectivity index (χ1n) is 29.2. The number of hydrogen-bond donors (Lipinski definition) is 1. The number of unbranched alkanes of at least 4 members (excludes halogenated alkanes) is 17. The van der Waals surface area contributed by atoms with Gasteiger partial charge in [-0.1, -0.05) is 238 Å². The predicted octanol–water partition coefficient (Wildman–Crippen LogP) is 17.2. The topological polar surface area (TPSA) is 114 Å². The van der Waals surface area contributed by atoms with Gasteiger partial charge in [0, 0.05) is 12.8 Å². The van der Waals surface area contributed by atoms with Gasteiger partial charge in [0.2, 0.25) is 5.91 Å². The minimum Gasteiger partial charge on any atom is -0.756 e. The van der Waals surface area contributed by atoms with Gasteiger partial charge in [-0.25, -0.2) is 0 Å². The van der Waals surface area contributed by atoms with Gasteiger partial charge in [0.25, 0.3) is 7.82 Å². The first kappa shape index (κ1) is 70.9. The van der Waals surface area contributed by atoms with Gasteiger partial charge in [0.1, 0.15) is 19.3 Å². The average Bonchev–Trinajstić information content (AvgIpc) is 3.37. The third-order valence-corrected chi connectivity index (χ3v) is 12.9. The minimum atomic E-state index is -4.72. The van der Waals surface area contributed by atoms with Crippen LogP contribution in [0.5, 0.6) is 0 Å². The fourth-order valence-corrected chi connectivity index (χ4v) is 8.18. The Kier molecular flexibility index (Phi) is 50.4. The lowest BCUT2D eigenvalue weighted by molar-refractivity contribution is -0.870. The van der Waals surface area contributed by atoms with Crippen molar-refractivity contribution in [3.8, 4) is 0 Å². The van der Waals surface area contributed by atoms with Crippen LogP contribution in [0.4, 0.5) is 0 Å². The summed E-state index contributed by atoms with van der Waals surface area (Å²) >= 11 is 0. The van der Waals surface area contributed by atoms with E-state index in [1.807, 2.05) is 88.0 Å². The maximum Gasteiger partial charge on any atom is 0.306 e. The first-order valence-corrected chi connectivity index (χ1v) is 30.7. The highest BCUT2D eigenvalue weighted by molar-refractivity contribution is 7.45. The number of phosphoric acid groups is 1. The number of allylic oxidation sites excluding steroid dienone is 23. The van der Waals surface area contributed by atoms with Crippen LogP contribution in [0.2, 0.25) is 0 Å². The van der Waals surface area contributed by atoms with E-state index in [0.29, 0.717) is 23.9 Å². The lowest BCUT2D eigenvalue weighted by Gasteiger charge is -2.30. The number of carbonyl (C=O) groups excluding carboxylic acids is 2. The molecule has 3 unspecified atom stereocenters. The third kappa shape index (κ3) is 54.5. The summed E-state index contributed by atoms with van der Waals surface area (Å²) in [5.41, 5.74) is 0. The third-order valence-electron chi connectivity index (χ3n) is 11.9. The zero-order valence-corrected chi connectivity index (χ0v) is 49.1. The van der Waals surface area contributed by atoms with Gasteiger partial charge in [-0.3, -0.25) is 14.2 Å². The first-order chi connectivity index (χ1) is 36.4. The zero-order valence-electron chi connectivity index (χ0n) is 48.2. The zero-order chi connectivity index (χ0) is 55.0. The molecule has 0 spiro atoms. The molecule has 0 saturated heterocycles. The van der Waals surface area contributed by atoms with E-state index in [1.54, 1.807) is 6.08 Å². The minimum absolute atomic E-state index is 0.0441. The molecule has 0 fully saturated rings. The molecule has 9 nitrogen and oxygen atoms in total. The molecule has 0 heterocycles. The Morgan fingerprint density at radius 1 is 0.493 bits per heavy atom. The number of nitrogens with zero attached hydrogens (tertiary/aromatic N) is 1. The van der Waals surface area contributed by atoms with Crippen molar-refractivity contribution in [1.29, 1.82) is 0 Å². The molecule has 0 aromatic carbocycles. The molecule has 0 rings (SSSR count). The summed E-state index contributed by atoms with van der Waals surface area (Å²) in [5.74, 6) is -0.630. The highest BCUT2D eigenvalue weighted by Crippen LogP contribution is 2.38. The summed E-state index contributed by atoms with van der Waals surface area (Å²) in [6.07, 6.45) is 76.7. The number of hydrogen-bond acceptors (Lipinski definition) is 7. The molecule has 1 amide bonds. The molecular formula is C65H107N2O7P. The van der Waals surface area contributed by atoms with Crippen molar-refractivity contribution in [3.63, 3.8) is 0 Å². The summed E-state index contributed by atoms with van der Waals surface area (Å²) in [4.78, 5) is 39.9. The molecule has 0 aliphatic heterocycles. The lowest BCUT2D eigenvalue weighted by Crippen LogP contribution is -2.47. The van der Waals surface area contributed by atoms with E-state index in [2.05, 4.69) is 99.0 Å². The number of nitrogens with one attached hydrogen (secondary N) is 1. The van der Waals surface area contributed by atoms with Gasteiger partial charge in [0.15, 0.2) is 0 Å². The number of quaternary nitrogens is 1. The molecule has 0 aromatic heterocycles. The van der Waals surface area contributed by atoms with Crippen molar-refractivity contribution in [1.82, 2.24) is 5.32 Å². The van der Waals surface area contributed by atoms with Gasteiger partial charge >= 0.3 is 5.97 Å². The van der Waals surface area contributed by atoms with Crippen molar-refractivity contribution in [2.45, 2.75) is 213 Å². The number of amides is 1. The van der Waals surface area contributed by atoms with Crippen LogP contribution < -0.4 is 10.2 Å². The molecule has 3 atom stereocenters. The average molecular weight is 1060 g/mol. The Morgan fingerprint density at radius 3 is 1.45 bits per heavy atom. The molecule has 0 radical (unpaired) electrons. The second kappa shape index (κ2) is 53.3. The quantitative estimate of drug-likeness (QED) is 0.0161. The van der Waals surface area contributed by atoms with Crippen LogP contribution in [-0.4, -0.2) is 69.4 Å². The van der Waals surface area contributed by atoms with Crippen LogP contribution in [-0.2, 0) is 27.9 Å². The van der Waals surface area contributed by atoms with E-state index in [1.165, 1.54) is 44.9 Å². The van der Waals surface area contributed by atoms with Crippen LogP contribution in [0.15, 0.2) is 146 Å². The fraction of sp³-hybridized carbons (Fsp3) is 0.600. The monoisotopic (exact) mass is 1060 g/mol. The molecule has 0 aromatic rings. The largest absolute Gasteiger partial charge is 0.756 e. The van der Waals surface area contributed by atoms with Gasteiger partial charge in [-0.2, -0.15) is 0 Å². The Hall–Kier alpha value is -4.11. The van der Waals surface area contributed by atoms with Crippen molar-refractivity contribution >= 4 is 19.7 Å². The summed E-state index contributed by atoms with van der Waals surface area (Å²) in [6, 6.07) is -0.931. The van der Waals surface area contributed by atoms with E-state index in [-0.39, 0.29) is 31.3 Å². The summed E-state index contributed by atoms with van der Waals surface area (Å²) < 4.78 is 30.2. The smallest absolute Gasteiger partial charge is 0.306 e. The fourth-order valence-electron chi connectivity index (χ4n) is 7.46. The van der Waals surface area contributed by atoms with Crippen LogP contribution in [0.25, 0.3) is 0 Å². The number of rotatable bonds is 50. The molecule has 1 N–H and O–H groups in total. The number of phosphoric ester groups is 1. The van der Waals surface area contributed by atoms with E-state index < -0.39 is 26.6 Å². The lowest BCUT2D eigenvalue weighted by atomic mass is 10.1. The maximum atomic E-state index is 13.5.